The molecule has 0 spiro atoms. The number of carboxylic acid groups (broad SMARTS) is 1. The van der Waals surface area contributed by atoms with E-state index >= 15 is 0 Å². The van der Waals surface area contributed by atoms with Crippen LogP contribution in [0.1, 0.15) is 12.5 Å². The van der Waals surface area contributed by atoms with Crippen molar-refractivity contribution >= 4 is 21.7 Å². The van der Waals surface area contributed by atoms with Gasteiger partial charge in [0.2, 0.25) is 5.91 Å². The number of nitrogens with one attached hydrogen (secondary N) is 1. The Hall–Kier alpha value is -1.89. The molecule has 6 nitrogen and oxygen atoms in total. The smallest absolute Gasteiger partial charge is 0.327 e. The predicted octanol–water partition coefficient (Wildman–Crippen LogP) is 0.358. The van der Waals surface area contributed by atoms with Gasteiger partial charge in [0.15, 0.2) is 9.84 Å². The summed E-state index contributed by atoms with van der Waals surface area (Å²) in [5, 5.41) is 11.0. The molecule has 7 heteroatoms. The normalized spacial score (nSPS) is 12.7. The molecule has 1 atom stereocenters. The second-order valence-electron chi connectivity index (χ2n) is 4.14. The van der Waals surface area contributed by atoms with E-state index in [9.17, 15) is 18.0 Å². The molecule has 0 radical (unpaired) electrons. The van der Waals surface area contributed by atoms with Crippen LogP contribution >= 0.6 is 0 Å². The third-order valence-electron chi connectivity index (χ3n) is 2.49. The van der Waals surface area contributed by atoms with Crippen LogP contribution in [0.3, 0.4) is 0 Å². The Morgan fingerprint density at radius 2 is 1.89 bits per heavy atom. The summed E-state index contributed by atoms with van der Waals surface area (Å²) in [4.78, 5) is 21.9. The van der Waals surface area contributed by atoms with Gasteiger partial charge in [0.05, 0.1) is 10.6 Å². The van der Waals surface area contributed by atoms with Crippen LogP contribution in [0.2, 0.25) is 0 Å². The first kappa shape index (κ1) is 15.2. The van der Waals surface area contributed by atoms with Gasteiger partial charge in [0.25, 0.3) is 0 Å². The van der Waals surface area contributed by atoms with Crippen LogP contribution < -0.4 is 5.32 Å². The van der Waals surface area contributed by atoms with Crippen LogP contribution in [0, 0.1) is 6.92 Å². The highest BCUT2D eigenvalue weighted by atomic mass is 32.2. The van der Waals surface area contributed by atoms with Gasteiger partial charge in [-0.15, -0.1) is 0 Å². The van der Waals surface area contributed by atoms with Crippen LogP contribution in [-0.2, 0) is 19.4 Å². The van der Waals surface area contributed by atoms with Crippen molar-refractivity contribution in [3.8, 4) is 0 Å². The molecule has 0 bridgehead atoms. The van der Waals surface area contributed by atoms with Crippen LogP contribution in [0.4, 0.5) is 0 Å². The Morgan fingerprint density at radius 3 is 2.37 bits per heavy atom. The van der Waals surface area contributed by atoms with Gasteiger partial charge in [-0.3, -0.25) is 4.79 Å². The van der Waals surface area contributed by atoms with Crippen molar-refractivity contribution in [3.63, 3.8) is 0 Å². The summed E-state index contributed by atoms with van der Waals surface area (Å²) in [5.41, 5.74) is 0.537. The van der Waals surface area contributed by atoms with Crippen molar-refractivity contribution in [1.82, 2.24) is 5.32 Å². The van der Waals surface area contributed by atoms with Gasteiger partial charge < -0.3 is 10.4 Å². The number of carbonyl (C=O) groups excluding carboxylic acids is 1. The summed E-state index contributed by atoms with van der Waals surface area (Å²) in [6.45, 7) is 2.76. The maximum atomic E-state index is 12.1. The molecule has 0 aliphatic rings. The van der Waals surface area contributed by atoms with E-state index < -0.39 is 33.5 Å². The zero-order valence-electron chi connectivity index (χ0n) is 10.6. The molecular formula is C12H15NO5S. The lowest BCUT2D eigenvalue weighted by Crippen LogP contribution is -2.44. The Morgan fingerprint density at radius 1 is 1.32 bits per heavy atom. The summed E-state index contributed by atoms with van der Waals surface area (Å²) in [6.07, 6.45) is 0. The van der Waals surface area contributed by atoms with Crippen molar-refractivity contribution in [2.24, 2.45) is 0 Å². The largest absolute Gasteiger partial charge is 0.480 e. The third-order valence-corrected chi connectivity index (χ3v) is 4.39. The minimum atomic E-state index is -3.78. The molecule has 1 amide bonds. The van der Waals surface area contributed by atoms with Gasteiger partial charge in [0.1, 0.15) is 6.04 Å². The molecular weight excluding hydrogens is 270 g/mol. The first-order chi connectivity index (χ1) is 8.74. The van der Waals surface area contributed by atoms with E-state index in [1.807, 2.05) is 0 Å². The molecule has 0 saturated heterocycles. The lowest BCUT2D eigenvalue weighted by atomic mass is 10.2. The quantitative estimate of drug-likeness (QED) is 0.813. The van der Waals surface area contributed by atoms with Crippen LogP contribution in [-0.4, -0.2) is 37.2 Å². The highest BCUT2D eigenvalue weighted by molar-refractivity contribution is 7.91. The van der Waals surface area contributed by atoms with Crippen molar-refractivity contribution < 1.29 is 23.1 Å². The maximum Gasteiger partial charge on any atom is 0.327 e. The Bertz CT molecular complexity index is 594. The molecule has 0 heterocycles. The number of rotatable bonds is 5. The average Bonchev–Trinajstić information content (AvgIpc) is 2.27. The molecule has 0 saturated carbocycles. The Kier molecular flexibility index (Phi) is 4.66. The van der Waals surface area contributed by atoms with Gasteiger partial charge in [0, 0.05) is 6.92 Å². The molecule has 0 aliphatic heterocycles. The molecule has 19 heavy (non-hydrogen) atoms. The number of carboxylic acids is 1. The fourth-order valence-corrected chi connectivity index (χ4v) is 3.32. The SMILES string of the molecule is CC(=O)NC(CS(=O)(=O)c1ccccc1C)C(=O)O. The number of aliphatic carboxylic acids is 1. The van der Waals surface area contributed by atoms with E-state index in [1.165, 1.54) is 6.07 Å². The van der Waals surface area contributed by atoms with E-state index in [2.05, 4.69) is 5.32 Å². The molecule has 1 aromatic rings. The van der Waals surface area contributed by atoms with E-state index in [1.54, 1.807) is 25.1 Å². The first-order valence-corrected chi connectivity index (χ1v) is 7.17. The van der Waals surface area contributed by atoms with E-state index in [0.717, 1.165) is 6.92 Å². The highest BCUT2D eigenvalue weighted by Gasteiger charge is 2.27. The van der Waals surface area contributed by atoms with Gasteiger partial charge in [-0.1, -0.05) is 18.2 Å². The monoisotopic (exact) mass is 285 g/mol. The number of carbonyl (C=O) groups is 2. The third kappa shape index (κ3) is 4.06. The van der Waals surface area contributed by atoms with Crippen LogP contribution in [0.5, 0.6) is 0 Å². The minimum Gasteiger partial charge on any atom is -0.480 e. The number of hydrogen-bond donors (Lipinski definition) is 2. The Balaban J connectivity index is 3.04. The van der Waals surface area contributed by atoms with Gasteiger partial charge >= 0.3 is 5.97 Å². The van der Waals surface area contributed by atoms with E-state index in [-0.39, 0.29) is 4.90 Å². The van der Waals surface area contributed by atoms with Crippen molar-refractivity contribution in [2.45, 2.75) is 24.8 Å². The van der Waals surface area contributed by atoms with Crippen molar-refractivity contribution in [2.75, 3.05) is 5.75 Å². The summed E-state index contributed by atoms with van der Waals surface area (Å²) in [5.74, 6) is -2.65. The summed E-state index contributed by atoms with van der Waals surface area (Å²) in [6, 6.07) is 4.84. The highest BCUT2D eigenvalue weighted by Crippen LogP contribution is 2.16. The molecule has 1 aromatic carbocycles. The molecule has 0 aliphatic carbocycles. The number of amides is 1. The molecule has 0 fully saturated rings. The van der Waals surface area contributed by atoms with E-state index in [0.29, 0.717) is 5.56 Å². The van der Waals surface area contributed by atoms with Gasteiger partial charge in [-0.05, 0) is 18.6 Å². The number of aryl methyl sites for hydroxylation is 1. The molecule has 0 aromatic heterocycles. The summed E-state index contributed by atoms with van der Waals surface area (Å²) >= 11 is 0. The second-order valence-corrected chi connectivity index (χ2v) is 6.14. The average molecular weight is 285 g/mol. The van der Waals surface area contributed by atoms with Crippen LogP contribution in [0.25, 0.3) is 0 Å². The fourth-order valence-electron chi connectivity index (χ4n) is 1.63. The molecule has 104 valence electrons. The number of hydrogen-bond acceptors (Lipinski definition) is 4. The lowest BCUT2D eigenvalue weighted by Gasteiger charge is -2.14. The zero-order valence-corrected chi connectivity index (χ0v) is 11.4. The summed E-state index contributed by atoms with van der Waals surface area (Å²) < 4.78 is 24.3. The van der Waals surface area contributed by atoms with Gasteiger partial charge in [-0.2, -0.15) is 0 Å². The maximum absolute atomic E-state index is 12.1. The standard InChI is InChI=1S/C12H15NO5S/c1-8-5-3-4-6-11(8)19(17,18)7-10(12(15)16)13-9(2)14/h3-6,10H,7H2,1-2H3,(H,13,14)(H,15,16). The number of sulfone groups is 1. The second kappa shape index (κ2) is 5.83. The van der Waals surface area contributed by atoms with Crippen LogP contribution in [0.15, 0.2) is 29.2 Å². The van der Waals surface area contributed by atoms with Crippen molar-refractivity contribution in [1.29, 1.82) is 0 Å². The Labute approximate surface area is 111 Å². The zero-order chi connectivity index (χ0) is 14.6. The predicted molar refractivity (Wildman–Crippen MR) is 68.5 cm³/mol. The molecule has 2 N–H and O–H groups in total. The fraction of sp³-hybridized carbons (Fsp3) is 0.333. The number of benzene rings is 1. The molecule has 1 rings (SSSR count). The minimum absolute atomic E-state index is 0.0756. The first-order valence-electron chi connectivity index (χ1n) is 5.52. The topological polar surface area (TPSA) is 101 Å². The van der Waals surface area contributed by atoms with Gasteiger partial charge in [-0.25, -0.2) is 13.2 Å². The van der Waals surface area contributed by atoms with Crippen molar-refractivity contribution in [3.05, 3.63) is 29.8 Å². The summed E-state index contributed by atoms with van der Waals surface area (Å²) in [7, 11) is -3.78. The van der Waals surface area contributed by atoms with E-state index in [4.69, 9.17) is 5.11 Å². The lowest BCUT2D eigenvalue weighted by molar-refractivity contribution is -0.140. The molecule has 1 unspecified atom stereocenters.